The van der Waals surface area contributed by atoms with Gasteiger partial charge in [0.25, 0.3) is 0 Å². The highest BCUT2D eigenvalue weighted by molar-refractivity contribution is 7.10. The van der Waals surface area contributed by atoms with Crippen LogP contribution in [0.1, 0.15) is 30.3 Å². The van der Waals surface area contributed by atoms with E-state index in [-0.39, 0.29) is 0 Å². The van der Waals surface area contributed by atoms with Crippen molar-refractivity contribution in [1.82, 2.24) is 4.98 Å². The number of carbonyl (C=O) groups excluding carboxylic acids is 1. The molecule has 0 fully saturated rings. The van der Waals surface area contributed by atoms with Crippen molar-refractivity contribution in [3.8, 4) is 11.3 Å². The van der Waals surface area contributed by atoms with Gasteiger partial charge in [0.15, 0.2) is 0 Å². The highest BCUT2D eigenvalue weighted by Gasteiger charge is 2.05. The lowest BCUT2D eigenvalue weighted by molar-refractivity contribution is -0.107. The molecule has 0 amide bonds. The van der Waals surface area contributed by atoms with Crippen LogP contribution in [0, 0.1) is 0 Å². The fourth-order valence-electron chi connectivity index (χ4n) is 1.65. The van der Waals surface area contributed by atoms with E-state index in [1.165, 1.54) is 16.9 Å². The second kappa shape index (κ2) is 5.23. The average Bonchev–Trinajstić information content (AvgIpc) is 2.78. The summed E-state index contributed by atoms with van der Waals surface area (Å²) < 4.78 is 0. The zero-order chi connectivity index (χ0) is 12.3. The minimum absolute atomic E-state index is 0.411. The summed E-state index contributed by atoms with van der Waals surface area (Å²) in [4.78, 5) is 14.8. The lowest BCUT2D eigenvalue weighted by atomic mass is 10.0. The van der Waals surface area contributed by atoms with Gasteiger partial charge in [-0.05, 0) is 11.5 Å². The van der Waals surface area contributed by atoms with Crippen molar-refractivity contribution in [3.05, 3.63) is 40.2 Å². The fourth-order valence-corrected chi connectivity index (χ4v) is 2.40. The van der Waals surface area contributed by atoms with Crippen LogP contribution in [0.15, 0.2) is 29.6 Å². The van der Waals surface area contributed by atoms with Gasteiger partial charge in [-0.15, -0.1) is 11.3 Å². The normalized spacial score (nSPS) is 10.8. The summed E-state index contributed by atoms with van der Waals surface area (Å²) in [5.41, 5.74) is 3.40. The standard InChI is InChI=1S/C14H15NOS/c1-10(2)11-3-5-12(6-4-11)13-9-17-14(15-13)7-8-16/h3-6,8-10H,7H2,1-2H3. The highest BCUT2D eigenvalue weighted by atomic mass is 32.1. The molecule has 0 aliphatic carbocycles. The molecular weight excluding hydrogens is 230 g/mol. The molecule has 1 heterocycles. The van der Waals surface area contributed by atoms with Crippen molar-refractivity contribution >= 4 is 17.6 Å². The Labute approximate surface area is 105 Å². The number of nitrogens with zero attached hydrogens (tertiary/aromatic N) is 1. The predicted molar refractivity (Wildman–Crippen MR) is 71.4 cm³/mol. The molecule has 2 aromatic rings. The van der Waals surface area contributed by atoms with Crippen LogP contribution < -0.4 is 0 Å². The maximum Gasteiger partial charge on any atom is 0.126 e. The SMILES string of the molecule is CC(C)c1ccc(-c2csc(CC=O)n2)cc1. The molecule has 17 heavy (non-hydrogen) atoms. The Balaban J connectivity index is 2.23. The Kier molecular flexibility index (Phi) is 3.69. The van der Waals surface area contributed by atoms with Crippen molar-refractivity contribution in [2.45, 2.75) is 26.2 Å². The summed E-state index contributed by atoms with van der Waals surface area (Å²) in [5, 5.41) is 2.88. The number of hydrogen-bond acceptors (Lipinski definition) is 3. The number of carbonyl (C=O) groups is 1. The number of rotatable bonds is 4. The molecule has 1 aromatic heterocycles. The highest BCUT2D eigenvalue weighted by Crippen LogP contribution is 2.24. The summed E-state index contributed by atoms with van der Waals surface area (Å²) in [5.74, 6) is 0.546. The Hall–Kier alpha value is -1.48. The summed E-state index contributed by atoms with van der Waals surface area (Å²) >= 11 is 1.54. The van der Waals surface area contributed by atoms with Crippen molar-refractivity contribution in [2.24, 2.45) is 0 Å². The van der Waals surface area contributed by atoms with Crippen molar-refractivity contribution in [1.29, 1.82) is 0 Å². The molecule has 3 heteroatoms. The Morgan fingerprint density at radius 1 is 1.29 bits per heavy atom. The first-order valence-electron chi connectivity index (χ1n) is 5.69. The van der Waals surface area contributed by atoms with Crippen LogP contribution in [-0.2, 0) is 11.2 Å². The molecule has 0 spiro atoms. The van der Waals surface area contributed by atoms with Crippen LogP contribution in [0.3, 0.4) is 0 Å². The van der Waals surface area contributed by atoms with Crippen LogP contribution in [-0.4, -0.2) is 11.3 Å². The second-order valence-corrected chi connectivity index (χ2v) is 5.22. The second-order valence-electron chi connectivity index (χ2n) is 4.27. The predicted octanol–water partition coefficient (Wildman–Crippen LogP) is 3.67. The van der Waals surface area contributed by atoms with E-state index in [1.54, 1.807) is 0 Å². The van der Waals surface area contributed by atoms with Crippen LogP contribution in [0.25, 0.3) is 11.3 Å². The zero-order valence-electron chi connectivity index (χ0n) is 10.0. The largest absolute Gasteiger partial charge is 0.303 e. The zero-order valence-corrected chi connectivity index (χ0v) is 10.8. The molecule has 0 radical (unpaired) electrons. The topological polar surface area (TPSA) is 30.0 Å². The van der Waals surface area contributed by atoms with Gasteiger partial charge in [-0.1, -0.05) is 38.1 Å². The van der Waals surface area contributed by atoms with Gasteiger partial charge in [-0.3, -0.25) is 0 Å². The molecule has 2 rings (SSSR count). The quantitative estimate of drug-likeness (QED) is 0.769. The van der Waals surface area contributed by atoms with E-state index in [0.717, 1.165) is 22.6 Å². The first-order chi connectivity index (χ1) is 8.20. The molecule has 0 aliphatic rings. The average molecular weight is 245 g/mol. The molecule has 2 nitrogen and oxygen atoms in total. The molecule has 0 saturated heterocycles. The maximum atomic E-state index is 10.4. The third-order valence-corrected chi connectivity index (χ3v) is 3.55. The third-order valence-electron chi connectivity index (χ3n) is 2.68. The van der Waals surface area contributed by atoms with E-state index >= 15 is 0 Å². The Morgan fingerprint density at radius 2 is 2.00 bits per heavy atom. The summed E-state index contributed by atoms with van der Waals surface area (Å²) in [6.45, 7) is 4.36. The first kappa shape index (κ1) is 12.0. The molecule has 1 aromatic carbocycles. The van der Waals surface area contributed by atoms with E-state index in [2.05, 4.69) is 43.1 Å². The van der Waals surface area contributed by atoms with E-state index in [0.29, 0.717) is 12.3 Å². The van der Waals surface area contributed by atoms with Crippen LogP contribution in [0.5, 0.6) is 0 Å². The minimum Gasteiger partial charge on any atom is -0.303 e. The van der Waals surface area contributed by atoms with E-state index in [4.69, 9.17) is 0 Å². The van der Waals surface area contributed by atoms with Gasteiger partial charge < -0.3 is 4.79 Å². The van der Waals surface area contributed by atoms with Crippen molar-refractivity contribution < 1.29 is 4.79 Å². The molecule has 0 unspecified atom stereocenters. The Morgan fingerprint density at radius 3 is 2.59 bits per heavy atom. The fraction of sp³-hybridized carbons (Fsp3) is 0.286. The maximum absolute atomic E-state index is 10.4. The lowest BCUT2D eigenvalue weighted by Crippen LogP contribution is -1.87. The van der Waals surface area contributed by atoms with E-state index in [9.17, 15) is 4.79 Å². The number of aromatic nitrogens is 1. The molecule has 0 bridgehead atoms. The van der Waals surface area contributed by atoms with Gasteiger partial charge in [-0.2, -0.15) is 0 Å². The van der Waals surface area contributed by atoms with Crippen molar-refractivity contribution in [2.75, 3.05) is 0 Å². The Bertz CT molecular complexity index is 499. The molecule has 88 valence electrons. The summed E-state index contributed by atoms with van der Waals surface area (Å²) in [6.07, 6.45) is 1.30. The molecule has 0 saturated carbocycles. The number of hydrogen-bond donors (Lipinski definition) is 0. The molecule has 0 aliphatic heterocycles. The van der Waals surface area contributed by atoms with Gasteiger partial charge >= 0.3 is 0 Å². The number of benzene rings is 1. The molecule has 0 atom stereocenters. The van der Waals surface area contributed by atoms with Gasteiger partial charge in [0.2, 0.25) is 0 Å². The summed E-state index contributed by atoms with van der Waals surface area (Å²) in [7, 11) is 0. The third kappa shape index (κ3) is 2.80. The van der Waals surface area contributed by atoms with E-state index < -0.39 is 0 Å². The lowest BCUT2D eigenvalue weighted by Gasteiger charge is -2.05. The first-order valence-corrected chi connectivity index (χ1v) is 6.57. The summed E-state index contributed by atoms with van der Waals surface area (Å²) in [6, 6.07) is 8.46. The van der Waals surface area contributed by atoms with Crippen LogP contribution in [0.2, 0.25) is 0 Å². The van der Waals surface area contributed by atoms with Crippen LogP contribution >= 0.6 is 11.3 Å². The van der Waals surface area contributed by atoms with Gasteiger partial charge in [-0.25, -0.2) is 4.98 Å². The van der Waals surface area contributed by atoms with Crippen molar-refractivity contribution in [3.63, 3.8) is 0 Å². The molecular formula is C14H15NOS. The van der Waals surface area contributed by atoms with Crippen LogP contribution in [0.4, 0.5) is 0 Å². The van der Waals surface area contributed by atoms with Gasteiger partial charge in [0.05, 0.1) is 12.1 Å². The number of aldehydes is 1. The minimum atomic E-state index is 0.411. The van der Waals surface area contributed by atoms with Gasteiger partial charge in [0, 0.05) is 10.9 Å². The smallest absolute Gasteiger partial charge is 0.126 e. The van der Waals surface area contributed by atoms with Gasteiger partial charge in [0.1, 0.15) is 11.3 Å². The van der Waals surface area contributed by atoms with E-state index in [1.807, 2.05) is 5.38 Å². The number of thiazole rings is 1. The molecule has 0 N–H and O–H groups in total. The monoisotopic (exact) mass is 245 g/mol.